The van der Waals surface area contributed by atoms with Crippen LogP contribution in [-0.4, -0.2) is 54.6 Å². The number of hydrogen-bond donors (Lipinski definition) is 1. The van der Waals surface area contributed by atoms with Gasteiger partial charge in [0.05, 0.1) is 6.10 Å². The summed E-state index contributed by atoms with van der Waals surface area (Å²) in [6.07, 6.45) is -0.335. The van der Waals surface area contributed by atoms with Crippen LogP contribution in [0.4, 0.5) is 5.69 Å². The van der Waals surface area contributed by atoms with Crippen molar-refractivity contribution in [3.8, 4) is 0 Å². The lowest BCUT2D eigenvalue weighted by atomic mass is 10.2. The minimum atomic E-state index is -0.335. The molecule has 134 valence electrons. The zero-order chi connectivity index (χ0) is 17.6. The Hall–Kier alpha value is -0.910. The van der Waals surface area contributed by atoms with Gasteiger partial charge < -0.3 is 10.0 Å². The molecule has 0 radical (unpaired) electrons. The molecule has 1 saturated heterocycles. The largest absolute Gasteiger partial charge is 0.391 e. The van der Waals surface area contributed by atoms with Crippen molar-refractivity contribution in [1.29, 1.82) is 0 Å². The predicted octanol–water partition coefficient (Wildman–Crippen LogP) is 4.27. The smallest absolute Gasteiger partial charge is 0.0760 e. The van der Waals surface area contributed by atoms with Crippen LogP contribution in [0.25, 0.3) is 0 Å². The number of thioether (sulfide) groups is 1. The van der Waals surface area contributed by atoms with E-state index in [2.05, 4.69) is 15.9 Å². The topological polar surface area (TPSA) is 26.7 Å². The van der Waals surface area contributed by atoms with Gasteiger partial charge in [0.25, 0.3) is 0 Å². The van der Waals surface area contributed by atoms with Crippen LogP contribution in [-0.2, 0) is 0 Å². The van der Waals surface area contributed by atoms with E-state index in [1.54, 1.807) is 11.8 Å². The normalized spacial score (nSPS) is 16.8. The van der Waals surface area contributed by atoms with Crippen LogP contribution in [0.15, 0.2) is 53.4 Å². The Morgan fingerprint density at radius 3 is 2.36 bits per heavy atom. The van der Waals surface area contributed by atoms with Gasteiger partial charge in [-0.3, -0.25) is 4.90 Å². The minimum absolute atomic E-state index is 0.335. The maximum absolute atomic E-state index is 10.3. The molecule has 0 spiro atoms. The van der Waals surface area contributed by atoms with Gasteiger partial charge in [-0.25, -0.2) is 0 Å². The van der Waals surface area contributed by atoms with Crippen LogP contribution >= 0.6 is 35.0 Å². The Balaban J connectivity index is 1.41. The van der Waals surface area contributed by atoms with Gasteiger partial charge in [0, 0.05) is 59.1 Å². The number of aliphatic hydroxyl groups excluding tert-OH is 1. The lowest BCUT2D eigenvalue weighted by molar-refractivity contribution is 0.126. The molecule has 2 aromatic rings. The third-order valence-corrected chi connectivity index (χ3v) is 5.91. The van der Waals surface area contributed by atoms with Crippen LogP contribution in [0.1, 0.15) is 0 Å². The average Bonchev–Trinajstić information content (AvgIpc) is 2.62. The quantitative estimate of drug-likeness (QED) is 0.737. The minimum Gasteiger partial charge on any atom is -0.391 e. The number of β-amino-alcohol motifs (C(OH)–C–C–N with tert-alkyl or cyclic N) is 1. The molecule has 1 heterocycles. The molecule has 1 N–H and O–H groups in total. The summed E-state index contributed by atoms with van der Waals surface area (Å²) in [5, 5.41) is 11.8. The highest BCUT2D eigenvalue weighted by atomic mass is 35.5. The number of hydrogen-bond acceptors (Lipinski definition) is 4. The van der Waals surface area contributed by atoms with E-state index in [0.29, 0.717) is 12.3 Å². The molecule has 0 bridgehead atoms. The molecule has 25 heavy (non-hydrogen) atoms. The Morgan fingerprint density at radius 1 is 0.960 bits per heavy atom. The second-order valence-corrected chi connectivity index (χ2v) is 8.15. The summed E-state index contributed by atoms with van der Waals surface area (Å²) in [5.74, 6) is 0.691. The molecule has 0 saturated carbocycles. The van der Waals surface area contributed by atoms with Gasteiger partial charge in [-0.2, -0.15) is 0 Å². The lowest BCUT2D eigenvalue weighted by Gasteiger charge is -2.37. The molecule has 0 amide bonds. The van der Waals surface area contributed by atoms with Crippen LogP contribution in [0.5, 0.6) is 0 Å². The second kappa shape index (κ2) is 9.15. The lowest BCUT2D eigenvalue weighted by Crippen LogP contribution is -2.48. The molecule has 3 rings (SSSR count). The fourth-order valence-corrected chi connectivity index (χ4v) is 4.06. The number of benzene rings is 2. The van der Waals surface area contributed by atoms with Crippen molar-refractivity contribution in [2.24, 2.45) is 0 Å². The maximum atomic E-state index is 10.3. The molecule has 3 nitrogen and oxygen atoms in total. The summed E-state index contributed by atoms with van der Waals surface area (Å²) in [4.78, 5) is 5.81. The first-order chi connectivity index (χ1) is 12.1. The molecular formula is C19H22Cl2N2OS. The first kappa shape index (κ1) is 18.9. The van der Waals surface area contributed by atoms with Gasteiger partial charge in [0.1, 0.15) is 0 Å². The molecule has 2 aromatic carbocycles. The zero-order valence-corrected chi connectivity index (χ0v) is 16.3. The van der Waals surface area contributed by atoms with Gasteiger partial charge in [-0.1, -0.05) is 29.3 Å². The van der Waals surface area contributed by atoms with Crippen molar-refractivity contribution in [3.05, 3.63) is 58.6 Å². The Kier molecular flexibility index (Phi) is 6.91. The third kappa shape index (κ3) is 5.80. The van der Waals surface area contributed by atoms with Gasteiger partial charge >= 0.3 is 0 Å². The third-order valence-electron chi connectivity index (χ3n) is 4.27. The van der Waals surface area contributed by atoms with E-state index in [-0.39, 0.29) is 6.10 Å². The monoisotopic (exact) mass is 396 g/mol. The van der Waals surface area contributed by atoms with Gasteiger partial charge in [0.15, 0.2) is 0 Å². The van der Waals surface area contributed by atoms with Crippen molar-refractivity contribution in [1.82, 2.24) is 4.90 Å². The van der Waals surface area contributed by atoms with E-state index in [4.69, 9.17) is 23.2 Å². The molecular weight excluding hydrogens is 375 g/mol. The van der Waals surface area contributed by atoms with E-state index in [0.717, 1.165) is 41.1 Å². The van der Waals surface area contributed by atoms with Crippen molar-refractivity contribution >= 4 is 40.7 Å². The fourth-order valence-electron chi connectivity index (χ4n) is 2.94. The van der Waals surface area contributed by atoms with Crippen LogP contribution < -0.4 is 4.90 Å². The molecule has 1 atom stereocenters. The van der Waals surface area contributed by atoms with E-state index in [1.807, 2.05) is 42.5 Å². The number of rotatable bonds is 6. The van der Waals surface area contributed by atoms with Gasteiger partial charge in [-0.15, -0.1) is 11.8 Å². The predicted molar refractivity (Wildman–Crippen MR) is 108 cm³/mol. The molecule has 1 aliphatic rings. The highest BCUT2D eigenvalue weighted by molar-refractivity contribution is 7.99. The number of anilines is 1. The number of piperazine rings is 1. The summed E-state index contributed by atoms with van der Waals surface area (Å²) < 4.78 is 0. The molecule has 0 aromatic heterocycles. The highest BCUT2D eigenvalue weighted by Crippen LogP contribution is 2.23. The van der Waals surface area contributed by atoms with Crippen molar-refractivity contribution in [2.75, 3.05) is 43.4 Å². The second-order valence-electron chi connectivity index (χ2n) is 6.19. The fraction of sp³-hybridized carbons (Fsp3) is 0.368. The van der Waals surface area contributed by atoms with E-state index < -0.39 is 0 Å². The van der Waals surface area contributed by atoms with Crippen LogP contribution in [0.3, 0.4) is 0 Å². The number of aliphatic hydroxyl groups is 1. The molecule has 0 aliphatic carbocycles. The standard InChI is InChI=1S/C19H22Cl2N2OS/c20-15-4-6-19(7-5-15)25-14-18(24)13-22-8-10-23(11-9-22)17-3-1-2-16(21)12-17/h1-7,12,18,24H,8-11,13-14H2. The van der Waals surface area contributed by atoms with Crippen molar-refractivity contribution < 1.29 is 5.11 Å². The SMILES string of the molecule is OC(CSc1ccc(Cl)cc1)CN1CCN(c2cccc(Cl)c2)CC1. The molecule has 1 aliphatic heterocycles. The number of nitrogens with zero attached hydrogens (tertiary/aromatic N) is 2. The Morgan fingerprint density at radius 2 is 1.68 bits per heavy atom. The van der Waals surface area contributed by atoms with E-state index in [1.165, 1.54) is 5.69 Å². The van der Waals surface area contributed by atoms with E-state index >= 15 is 0 Å². The molecule has 1 unspecified atom stereocenters. The van der Waals surface area contributed by atoms with Crippen LogP contribution in [0.2, 0.25) is 10.0 Å². The molecule has 6 heteroatoms. The van der Waals surface area contributed by atoms with Crippen molar-refractivity contribution in [3.63, 3.8) is 0 Å². The van der Waals surface area contributed by atoms with Crippen LogP contribution in [0, 0.1) is 0 Å². The molecule has 1 fully saturated rings. The Labute approximate surface area is 163 Å². The van der Waals surface area contributed by atoms with E-state index in [9.17, 15) is 5.11 Å². The highest BCUT2D eigenvalue weighted by Gasteiger charge is 2.19. The maximum Gasteiger partial charge on any atom is 0.0760 e. The Bertz CT molecular complexity index is 675. The summed E-state index contributed by atoms with van der Waals surface area (Å²) in [6.45, 7) is 4.53. The summed E-state index contributed by atoms with van der Waals surface area (Å²) in [6, 6.07) is 15.7. The summed E-state index contributed by atoms with van der Waals surface area (Å²) in [7, 11) is 0. The first-order valence-corrected chi connectivity index (χ1v) is 10.1. The van der Waals surface area contributed by atoms with Crippen molar-refractivity contribution in [2.45, 2.75) is 11.0 Å². The summed E-state index contributed by atoms with van der Waals surface area (Å²) >= 11 is 13.6. The average molecular weight is 397 g/mol. The van der Waals surface area contributed by atoms with Gasteiger partial charge in [-0.05, 0) is 42.5 Å². The number of halogens is 2. The summed E-state index contributed by atoms with van der Waals surface area (Å²) in [5.41, 5.74) is 1.17. The zero-order valence-electron chi connectivity index (χ0n) is 13.9. The van der Waals surface area contributed by atoms with Gasteiger partial charge in [0.2, 0.25) is 0 Å². The first-order valence-electron chi connectivity index (χ1n) is 8.39.